The lowest BCUT2D eigenvalue weighted by atomic mass is 10.0. The molecule has 0 saturated heterocycles. The number of benzene rings is 5. The number of rotatable bonds is 4. The molecular formula is C55H30N8O2. The molecule has 302 valence electrons. The maximum Gasteiger partial charge on any atom is 0.159 e. The predicted octanol–water partition coefficient (Wildman–Crippen LogP) is 13.4. The van der Waals surface area contributed by atoms with E-state index in [-0.39, 0.29) is 0 Å². The molecule has 0 amide bonds. The average Bonchev–Trinajstić information content (AvgIpc) is 4.17. The maximum absolute atomic E-state index is 6.74. The van der Waals surface area contributed by atoms with Crippen LogP contribution in [-0.2, 0) is 0 Å². The van der Waals surface area contributed by atoms with Gasteiger partial charge in [0.05, 0.1) is 49.8 Å². The molecule has 0 aliphatic carbocycles. The second kappa shape index (κ2) is 12.7. The van der Waals surface area contributed by atoms with Crippen molar-refractivity contribution in [3.05, 3.63) is 183 Å². The summed E-state index contributed by atoms with van der Waals surface area (Å²) in [4.78, 5) is 23.5. The number of para-hydroxylation sites is 2. The maximum atomic E-state index is 6.74. The number of aromatic nitrogens is 8. The fourth-order valence-electron chi connectivity index (χ4n) is 10.4. The van der Waals surface area contributed by atoms with Crippen LogP contribution in [0.1, 0.15) is 0 Å². The number of hydrogen-bond donors (Lipinski definition) is 0. The van der Waals surface area contributed by atoms with Crippen molar-refractivity contribution in [2.45, 2.75) is 0 Å². The summed E-state index contributed by atoms with van der Waals surface area (Å²) in [6, 6.07) is 50.6. The van der Waals surface area contributed by atoms with Crippen molar-refractivity contribution >= 4 is 110 Å². The summed E-state index contributed by atoms with van der Waals surface area (Å²) in [6.45, 7) is 0. The van der Waals surface area contributed by atoms with E-state index in [0.717, 1.165) is 138 Å². The van der Waals surface area contributed by atoms with Crippen LogP contribution in [0.25, 0.3) is 138 Å². The zero-order chi connectivity index (χ0) is 42.3. The van der Waals surface area contributed by atoms with Crippen molar-refractivity contribution in [1.82, 2.24) is 38.6 Å². The van der Waals surface area contributed by atoms with Gasteiger partial charge >= 0.3 is 0 Å². The van der Waals surface area contributed by atoms with E-state index in [4.69, 9.17) is 28.8 Å². The van der Waals surface area contributed by atoms with Crippen LogP contribution in [-0.4, -0.2) is 38.6 Å². The van der Waals surface area contributed by atoms with Gasteiger partial charge in [0.2, 0.25) is 0 Å². The third-order valence-electron chi connectivity index (χ3n) is 13.1. The summed E-state index contributed by atoms with van der Waals surface area (Å²) in [7, 11) is 0. The number of nitrogens with zero attached hydrogens (tertiary/aromatic N) is 8. The van der Waals surface area contributed by atoms with Crippen molar-refractivity contribution in [2.24, 2.45) is 0 Å². The van der Waals surface area contributed by atoms with Gasteiger partial charge in [-0.2, -0.15) is 0 Å². The molecule has 10 heteroatoms. The number of furan rings is 2. The lowest BCUT2D eigenvalue weighted by Gasteiger charge is -2.09. The zero-order valence-corrected chi connectivity index (χ0v) is 34.2. The van der Waals surface area contributed by atoms with Gasteiger partial charge < -0.3 is 22.5 Å². The molecule has 0 fully saturated rings. The van der Waals surface area contributed by atoms with Crippen LogP contribution in [0, 0.1) is 0 Å². The molecule has 0 aliphatic rings. The summed E-state index contributed by atoms with van der Waals surface area (Å²) in [5.41, 5.74) is 18.0. The van der Waals surface area contributed by atoms with Crippen molar-refractivity contribution in [2.75, 3.05) is 0 Å². The minimum absolute atomic E-state index is 0.810. The molecule has 10 aromatic heterocycles. The Morgan fingerprint density at radius 1 is 0.354 bits per heavy atom. The Hall–Kier alpha value is -9.15. The highest BCUT2D eigenvalue weighted by Gasteiger charge is 2.22. The highest BCUT2D eigenvalue weighted by atomic mass is 16.3. The topological polar surface area (TPSA) is 106 Å². The average molecular weight is 835 g/mol. The van der Waals surface area contributed by atoms with Crippen LogP contribution >= 0.6 is 0 Å². The van der Waals surface area contributed by atoms with Crippen LogP contribution in [0.5, 0.6) is 0 Å². The first-order chi connectivity index (χ1) is 32.2. The molecule has 0 spiro atoms. The largest absolute Gasteiger partial charge is 0.455 e. The second-order valence-corrected chi connectivity index (χ2v) is 16.5. The van der Waals surface area contributed by atoms with Gasteiger partial charge in [-0.05, 0) is 115 Å². The quantitative estimate of drug-likeness (QED) is 0.174. The normalized spacial score (nSPS) is 12.3. The monoisotopic (exact) mass is 834 g/mol. The number of pyridine rings is 5. The van der Waals surface area contributed by atoms with E-state index >= 15 is 0 Å². The Labute approximate surface area is 366 Å². The lowest BCUT2D eigenvalue weighted by molar-refractivity contribution is 0.666. The van der Waals surface area contributed by atoms with Crippen LogP contribution < -0.4 is 0 Å². The Balaban J connectivity index is 0.876. The number of fused-ring (bicyclic) bond motifs is 15. The van der Waals surface area contributed by atoms with Crippen LogP contribution in [0.4, 0.5) is 0 Å². The standard InChI is InChI=1S/C55H30N8O2/c1-7-34(54-35(8-1)37-29-33(17-19-48(37)64-54)62-45-13-5-24-59-52(45)53-46(62)14-6-25-60-53)31-15-18-41-39(27-31)50-43(11-3-22-57-50)61(41)32-16-20-49-38(28-32)36-9-2-10-47(55(36)65-49)63-42-21-26-56-30-40(42)51-44(63)12-4-23-58-51/h1-30H. The third kappa shape index (κ3) is 4.68. The second-order valence-electron chi connectivity index (χ2n) is 16.5. The van der Waals surface area contributed by atoms with Crippen LogP contribution in [0.15, 0.2) is 192 Å². The minimum atomic E-state index is 0.810. The Kier molecular flexibility index (Phi) is 6.74. The van der Waals surface area contributed by atoms with Crippen molar-refractivity contribution in [3.63, 3.8) is 0 Å². The van der Waals surface area contributed by atoms with Gasteiger partial charge in [0.25, 0.3) is 0 Å². The summed E-state index contributed by atoms with van der Waals surface area (Å²) in [5, 5.41) is 6.20. The first kappa shape index (κ1) is 34.4. The molecule has 0 radical (unpaired) electrons. The molecule has 10 nitrogen and oxygen atoms in total. The van der Waals surface area contributed by atoms with Gasteiger partial charge in [-0.25, -0.2) is 0 Å². The molecule has 5 aromatic carbocycles. The molecule has 15 rings (SSSR count). The van der Waals surface area contributed by atoms with Gasteiger partial charge in [-0.1, -0.05) is 36.4 Å². The molecule has 15 aromatic rings. The molecular weight excluding hydrogens is 805 g/mol. The Bertz CT molecular complexity index is 4400. The molecule has 65 heavy (non-hydrogen) atoms. The lowest BCUT2D eigenvalue weighted by Crippen LogP contribution is -1.94. The SMILES string of the molecule is c1cc(-c2ccc3c(c2)c2ncccc2n3-c2ccc3oc4c(-n5c6ccncc6c6ncccc65)cccc4c3c2)c2oc3ccc(-n4c5cccnc5c5ncccc54)cc3c2c1. The van der Waals surface area contributed by atoms with E-state index in [1.54, 1.807) is 0 Å². The number of hydrogen-bond acceptors (Lipinski definition) is 7. The highest BCUT2D eigenvalue weighted by Crippen LogP contribution is 2.42. The fraction of sp³-hybridized carbons (Fsp3) is 0. The van der Waals surface area contributed by atoms with Crippen LogP contribution in [0.2, 0.25) is 0 Å². The minimum Gasteiger partial charge on any atom is -0.455 e. The van der Waals surface area contributed by atoms with Crippen molar-refractivity contribution < 1.29 is 8.83 Å². The molecule has 0 aliphatic heterocycles. The van der Waals surface area contributed by atoms with Crippen molar-refractivity contribution in [3.8, 4) is 28.2 Å². The van der Waals surface area contributed by atoms with E-state index in [2.05, 4.69) is 134 Å². The van der Waals surface area contributed by atoms with E-state index in [0.29, 0.717) is 0 Å². The first-order valence-corrected chi connectivity index (χ1v) is 21.5. The van der Waals surface area contributed by atoms with Gasteiger partial charge in [0.15, 0.2) is 5.58 Å². The summed E-state index contributed by atoms with van der Waals surface area (Å²) in [6.07, 6.45) is 11.0. The molecule has 0 N–H and O–H groups in total. The molecule has 0 bridgehead atoms. The van der Waals surface area contributed by atoms with E-state index in [1.807, 2.05) is 67.5 Å². The van der Waals surface area contributed by atoms with E-state index < -0.39 is 0 Å². The fourth-order valence-corrected chi connectivity index (χ4v) is 10.4. The van der Waals surface area contributed by atoms with Gasteiger partial charge in [0, 0.05) is 86.4 Å². The summed E-state index contributed by atoms with van der Waals surface area (Å²) < 4.78 is 20.2. The molecule has 0 atom stereocenters. The summed E-state index contributed by atoms with van der Waals surface area (Å²) in [5.74, 6) is 0. The third-order valence-corrected chi connectivity index (χ3v) is 13.1. The first-order valence-electron chi connectivity index (χ1n) is 21.5. The predicted molar refractivity (Wildman–Crippen MR) is 258 cm³/mol. The van der Waals surface area contributed by atoms with Gasteiger partial charge in [-0.3, -0.25) is 24.9 Å². The Morgan fingerprint density at radius 2 is 0.908 bits per heavy atom. The van der Waals surface area contributed by atoms with Crippen molar-refractivity contribution in [1.29, 1.82) is 0 Å². The highest BCUT2D eigenvalue weighted by molar-refractivity contribution is 6.15. The Morgan fingerprint density at radius 3 is 1.60 bits per heavy atom. The molecule has 0 saturated carbocycles. The summed E-state index contributed by atoms with van der Waals surface area (Å²) >= 11 is 0. The molecule has 10 heterocycles. The smallest absolute Gasteiger partial charge is 0.159 e. The van der Waals surface area contributed by atoms with Gasteiger partial charge in [-0.15, -0.1) is 0 Å². The zero-order valence-electron chi connectivity index (χ0n) is 34.2. The van der Waals surface area contributed by atoms with E-state index in [1.165, 1.54) is 0 Å². The van der Waals surface area contributed by atoms with E-state index in [9.17, 15) is 0 Å². The van der Waals surface area contributed by atoms with Crippen LogP contribution in [0.3, 0.4) is 0 Å². The molecule has 0 unspecified atom stereocenters. The van der Waals surface area contributed by atoms with Gasteiger partial charge in [0.1, 0.15) is 27.8 Å².